The van der Waals surface area contributed by atoms with Gasteiger partial charge in [0, 0.05) is 6.54 Å². The third-order valence-electron chi connectivity index (χ3n) is 3.25. The molecule has 18 heavy (non-hydrogen) atoms. The van der Waals surface area contributed by atoms with E-state index in [4.69, 9.17) is 5.73 Å². The lowest BCUT2D eigenvalue weighted by atomic mass is 10.1. The minimum atomic E-state index is -0.221. The van der Waals surface area contributed by atoms with Gasteiger partial charge in [-0.05, 0) is 30.8 Å². The Morgan fingerprint density at radius 2 is 2.39 bits per heavy atom. The van der Waals surface area contributed by atoms with Gasteiger partial charge in [-0.25, -0.2) is 9.97 Å². The summed E-state index contributed by atoms with van der Waals surface area (Å²) in [6.07, 6.45) is 1.70. The zero-order valence-electron chi connectivity index (χ0n) is 10.0. The highest BCUT2D eigenvalue weighted by Crippen LogP contribution is 2.23. The maximum absolute atomic E-state index is 9.65. The number of thiophene rings is 1. The Morgan fingerprint density at radius 1 is 1.50 bits per heavy atom. The van der Waals surface area contributed by atoms with Crippen LogP contribution in [0.25, 0.3) is 10.2 Å². The molecule has 0 spiro atoms. The number of fused-ring (bicyclic) bond motifs is 1. The summed E-state index contributed by atoms with van der Waals surface area (Å²) in [5, 5.41) is 12.6. The third-order valence-corrected chi connectivity index (χ3v) is 4.05. The van der Waals surface area contributed by atoms with E-state index in [0.29, 0.717) is 18.9 Å². The second-order valence-electron chi connectivity index (χ2n) is 4.70. The fourth-order valence-corrected chi connectivity index (χ4v) is 3.16. The molecule has 0 radical (unpaired) electrons. The molecular formula is C12H16N4OS. The predicted octanol–water partition coefficient (Wildman–Crippen LogP) is 1.23. The average Bonchev–Trinajstić information content (AvgIpc) is 2.77. The van der Waals surface area contributed by atoms with Crippen molar-refractivity contribution in [2.45, 2.75) is 25.5 Å². The second-order valence-corrected chi connectivity index (χ2v) is 5.59. The van der Waals surface area contributed by atoms with Crippen molar-refractivity contribution in [2.24, 2.45) is 0 Å². The number of hydrogen-bond acceptors (Lipinski definition) is 6. The van der Waals surface area contributed by atoms with Crippen LogP contribution in [0.3, 0.4) is 0 Å². The van der Waals surface area contributed by atoms with Crippen molar-refractivity contribution in [1.82, 2.24) is 14.9 Å². The van der Waals surface area contributed by atoms with Crippen LogP contribution >= 0.6 is 11.3 Å². The number of aromatic nitrogens is 2. The molecular weight excluding hydrogens is 248 g/mol. The molecule has 3 heterocycles. The first kappa shape index (κ1) is 11.8. The molecule has 1 aliphatic heterocycles. The molecule has 3 N–H and O–H groups in total. The molecule has 96 valence electrons. The number of nitrogen functional groups attached to an aromatic ring is 1. The summed E-state index contributed by atoms with van der Waals surface area (Å²) < 4.78 is 0. The minimum Gasteiger partial charge on any atom is -0.392 e. The summed E-state index contributed by atoms with van der Waals surface area (Å²) in [6.45, 7) is 2.35. The van der Waals surface area contributed by atoms with Gasteiger partial charge in [0.25, 0.3) is 0 Å². The number of β-amino-alcohol motifs (C(OH)–C–C–N with tert-alkyl or cyclic N) is 1. The fraction of sp³-hybridized carbons (Fsp3) is 0.500. The van der Waals surface area contributed by atoms with E-state index in [1.54, 1.807) is 11.3 Å². The van der Waals surface area contributed by atoms with Crippen molar-refractivity contribution in [3.63, 3.8) is 0 Å². The number of nitrogens with zero attached hydrogens (tertiary/aromatic N) is 3. The molecule has 0 bridgehead atoms. The zero-order valence-corrected chi connectivity index (χ0v) is 10.9. The highest BCUT2D eigenvalue weighted by molar-refractivity contribution is 7.16. The van der Waals surface area contributed by atoms with Crippen molar-refractivity contribution in [1.29, 1.82) is 0 Å². The van der Waals surface area contributed by atoms with Crippen LogP contribution in [0, 0.1) is 0 Å². The van der Waals surface area contributed by atoms with Crippen molar-refractivity contribution < 1.29 is 5.11 Å². The number of aliphatic hydroxyl groups is 1. The number of rotatable bonds is 2. The molecule has 1 unspecified atom stereocenters. The van der Waals surface area contributed by atoms with Crippen LogP contribution in [0.2, 0.25) is 0 Å². The monoisotopic (exact) mass is 264 g/mol. The Bertz CT molecular complexity index is 556. The van der Waals surface area contributed by atoms with E-state index in [1.807, 2.05) is 11.4 Å². The average molecular weight is 264 g/mol. The summed E-state index contributed by atoms with van der Waals surface area (Å²) in [5.74, 6) is 1.30. The molecule has 6 heteroatoms. The third kappa shape index (κ3) is 2.31. The summed E-state index contributed by atoms with van der Waals surface area (Å²) in [4.78, 5) is 12.0. The Kier molecular flexibility index (Phi) is 3.15. The molecule has 5 nitrogen and oxygen atoms in total. The van der Waals surface area contributed by atoms with Gasteiger partial charge in [-0.3, -0.25) is 4.90 Å². The van der Waals surface area contributed by atoms with Crippen molar-refractivity contribution in [2.75, 3.05) is 18.8 Å². The largest absolute Gasteiger partial charge is 0.392 e. The maximum Gasteiger partial charge on any atom is 0.146 e. The molecule has 1 aliphatic rings. The first-order valence-corrected chi connectivity index (χ1v) is 7.00. The van der Waals surface area contributed by atoms with Crippen LogP contribution < -0.4 is 5.73 Å². The van der Waals surface area contributed by atoms with Crippen LogP contribution in [-0.4, -0.2) is 39.2 Å². The van der Waals surface area contributed by atoms with Gasteiger partial charge in [-0.1, -0.05) is 0 Å². The van der Waals surface area contributed by atoms with E-state index < -0.39 is 0 Å². The standard InChI is InChI=1S/C12H16N4OS/c13-11-9-3-5-18-12(9)15-10(14-11)7-16-4-1-2-8(17)6-16/h3,5,8,17H,1-2,4,6-7H2,(H2,13,14,15). The van der Waals surface area contributed by atoms with E-state index in [-0.39, 0.29) is 6.10 Å². The summed E-state index contributed by atoms with van der Waals surface area (Å²) in [7, 11) is 0. The Hall–Kier alpha value is -1.24. The fourth-order valence-electron chi connectivity index (χ4n) is 2.37. The van der Waals surface area contributed by atoms with Gasteiger partial charge in [0.05, 0.1) is 18.0 Å². The topological polar surface area (TPSA) is 75.3 Å². The van der Waals surface area contributed by atoms with Crippen LogP contribution in [0.4, 0.5) is 5.82 Å². The molecule has 0 amide bonds. The summed E-state index contributed by atoms with van der Waals surface area (Å²) in [6, 6.07) is 1.95. The Labute approximate surface area is 109 Å². The number of likely N-dealkylation sites (tertiary alicyclic amines) is 1. The molecule has 1 atom stereocenters. The SMILES string of the molecule is Nc1nc(CN2CCCC(O)C2)nc2sccc12. The van der Waals surface area contributed by atoms with E-state index in [9.17, 15) is 5.11 Å². The lowest BCUT2D eigenvalue weighted by molar-refractivity contribution is 0.0656. The summed E-state index contributed by atoms with van der Waals surface area (Å²) in [5.41, 5.74) is 5.92. The van der Waals surface area contributed by atoms with Gasteiger partial charge < -0.3 is 10.8 Å². The highest BCUT2D eigenvalue weighted by Gasteiger charge is 2.19. The summed E-state index contributed by atoms with van der Waals surface area (Å²) >= 11 is 1.58. The van der Waals surface area contributed by atoms with Gasteiger partial charge in [0.15, 0.2) is 0 Å². The van der Waals surface area contributed by atoms with E-state index >= 15 is 0 Å². The molecule has 0 aliphatic carbocycles. The lowest BCUT2D eigenvalue weighted by Crippen LogP contribution is -2.38. The van der Waals surface area contributed by atoms with Gasteiger partial charge in [-0.2, -0.15) is 0 Å². The highest BCUT2D eigenvalue weighted by atomic mass is 32.1. The zero-order chi connectivity index (χ0) is 12.5. The van der Waals surface area contributed by atoms with Crippen LogP contribution in [-0.2, 0) is 6.54 Å². The molecule has 1 fully saturated rings. The Balaban J connectivity index is 1.81. The number of nitrogens with two attached hydrogens (primary N) is 1. The first-order valence-electron chi connectivity index (χ1n) is 6.12. The Morgan fingerprint density at radius 3 is 3.22 bits per heavy atom. The smallest absolute Gasteiger partial charge is 0.146 e. The van der Waals surface area contributed by atoms with Gasteiger partial charge in [0.2, 0.25) is 0 Å². The molecule has 3 rings (SSSR count). The molecule has 2 aromatic rings. The quantitative estimate of drug-likeness (QED) is 0.853. The van der Waals surface area contributed by atoms with Crippen LogP contribution in [0.15, 0.2) is 11.4 Å². The number of hydrogen-bond donors (Lipinski definition) is 2. The van der Waals surface area contributed by atoms with E-state index in [2.05, 4.69) is 14.9 Å². The van der Waals surface area contributed by atoms with Crippen molar-refractivity contribution in [3.8, 4) is 0 Å². The van der Waals surface area contributed by atoms with E-state index in [1.165, 1.54) is 0 Å². The molecule has 0 saturated carbocycles. The number of aliphatic hydroxyl groups excluding tert-OH is 1. The maximum atomic E-state index is 9.65. The molecule has 2 aromatic heterocycles. The van der Waals surface area contributed by atoms with Gasteiger partial charge >= 0.3 is 0 Å². The number of piperidine rings is 1. The van der Waals surface area contributed by atoms with Crippen molar-refractivity contribution >= 4 is 27.4 Å². The van der Waals surface area contributed by atoms with Crippen LogP contribution in [0.5, 0.6) is 0 Å². The lowest BCUT2D eigenvalue weighted by Gasteiger charge is -2.29. The molecule has 1 saturated heterocycles. The van der Waals surface area contributed by atoms with Gasteiger partial charge in [0.1, 0.15) is 16.5 Å². The van der Waals surface area contributed by atoms with Crippen molar-refractivity contribution in [3.05, 3.63) is 17.3 Å². The van der Waals surface area contributed by atoms with Crippen LogP contribution in [0.1, 0.15) is 18.7 Å². The van der Waals surface area contributed by atoms with E-state index in [0.717, 1.165) is 35.4 Å². The normalized spacial score (nSPS) is 21.5. The second kappa shape index (κ2) is 4.79. The van der Waals surface area contributed by atoms with Gasteiger partial charge in [-0.15, -0.1) is 11.3 Å². The predicted molar refractivity (Wildman–Crippen MR) is 72.3 cm³/mol. The molecule has 0 aromatic carbocycles. The minimum absolute atomic E-state index is 0.221. The first-order chi connectivity index (χ1) is 8.72. The number of anilines is 1.